The number of carbonyl (C=O) groups is 3. The number of nitrogens with one attached hydrogen (secondary N) is 1. The molecule has 134 valence electrons. The second-order valence-corrected chi connectivity index (χ2v) is 8.60. The fourth-order valence-corrected chi connectivity index (χ4v) is 5.68. The zero-order chi connectivity index (χ0) is 17.5. The van der Waals surface area contributed by atoms with Gasteiger partial charge in [0.2, 0.25) is 0 Å². The molecule has 4 bridgehead atoms. The minimum absolute atomic E-state index is 0.0769. The van der Waals surface area contributed by atoms with E-state index in [2.05, 4.69) is 0 Å². The van der Waals surface area contributed by atoms with Crippen LogP contribution in [0.1, 0.15) is 58.8 Å². The van der Waals surface area contributed by atoms with Crippen LogP contribution < -0.4 is 11.1 Å². The third-order valence-electron chi connectivity index (χ3n) is 6.05. The van der Waals surface area contributed by atoms with E-state index in [4.69, 9.17) is 10.5 Å². The zero-order valence-corrected chi connectivity index (χ0v) is 14.5. The lowest BCUT2D eigenvalue weighted by Gasteiger charge is -2.56. The highest BCUT2D eigenvalue weighted by Crippen LogP contribution is 2.61. The predicted molar refractivity (Wildman–Crippen MR) is 87.7 cm³/mol. The summed E-state index contributed by atoms with van der Waals surface area (Å²) in [6.45, 7) is 3.56. The van der Waals surface area contributed by atoms with Crippen molar-refractivity contribution in [1.29, 1.82) is 0 Å². The van der Waals surface area contributed by atoms with Crippen LogP contribution in [0, 0.1) is 29.1 Å². The zero-order valence-electron chi connectivity index (χ0n) is 14.5. The van der Waals surface area contributed by atoms with Crippen molar-refractivity contribution in [3.05, 3.63) is 0 Å². The molecule has 0 aromatic carbocycles. The molecule has 0 heterocycles. The van der Waals surface area contributed by atoms with Crippen LogP contribution in [-0.4, -0.2) is 24.0 Å². The van der Waals surface area contributed by atoms with Gasteiger partial charge in [-0.1, -0.05) is 13.8 Å². The van der Waals surface area contributed by atoms with Crippen LogP contribution in [0.15, 0.2) is 0 Å². The molecule has 4 fully saturated rings. The standard InChI is InChI=1S/C18H28N2O4/c1-10(2)15(16(22)20-17(19)23)24-14(21)9-18-6-11-3-12(7-18)5-13(4-11)8-18/h10-13,15H,3-9H2,1-2H3,(H3,19,20,22,23)/t11?,12?,13?,15-,18?/m1/s1. The lowest BCUT2D eigenvalue weighted by molar-refractivity contribution is -0.164. The van der Waals surface area contributed by atoms with E-state index in [1.165, 1.54) is 19.3 Å². The van der Waals surface area contributed by atoms with Crippen molar-refractivity contribution in [1.82, 2.24) is 5.32 Å². The molecule has 6 nitrogen and oxygen atoms in total. The van der Waals surface area contributed by atoms with Gasteiger partial charge in [-0.15, -0.1) is 0 Å². The quantitative estimate of drug-likeness (QED) is 0.753. The van der Waals surface area contributed by atoms with Gasteiger partial charge in [0.05, 0.1) is 6.42 Å². The van der Waals surface area contributed by atoms with Gasteiger partial charge in [0.1, 0.15) is 0 Å². The number of ether oxygens (including phenoxy) is 1. The normalized spacial score (nSPS) is 34.9. The van der Waals surface area contributed by atoms with E-state index >= 15 is 0 Å². The monoisotopic (exact) mass is 336 g/mol. The molecule has 24 heavy (non-hydrogen) atoms. The SMILES string of the molecule is CC(C)[C@@H](OC(=O)CC12CC3CC(CC(C3)C1)C2)C(=O)NC(N)=O. The first kappa shape index (κ1) is 17.2. The summed E-state index contributed by atoms with van der Waals surface area (Å²) in [6, 6.07) is -0.928. The molecule has 0 saturated heterocycles. The summed E-state index contributed by atoms with van der Waals surface area (Å²) in [5.41, 5.74) is 5.06. The maximum atomic E-state index is 12.5. The Morgan fingerprint density at radius 3 is 2.00 bits per heavy atom. The Hall–Kier alpha value is -1.59. The number of primary amides is 1. The molecule has 0 aromatic heterocycles. The Balaban J connectivity index is 1.62. The van der Waals surface area contributed by atoms with Crippen LogP contribution in [0.5, 0.6) is 0 Å². The van der Waals surface area contributed by atoms with Gasteiger partial charge in [-0.2, -0.15) is 0 Å². The molecule has 0 aromatic rings. The first-order valence-electron chi connectivity index (χ1n) is 9.06. The van der Waals surface area contributed by atoms with Crippen molar-refractivity contribution in [3.63, 3.8) is 0 Å². The van der Waals surface area contributed by atoms with Gasteiger partial charge in [0, 0.05) is 0 Å². The van der Waals surface area contributed by atoms with Gasteiger partial charge in [-0.25, -0.2) is 4.79 Å². The fourth-order valence-electron chi connectivity index (χ4n) is 5.68. The lowest BCUT2D eigenvalue weighted by Crippen LogP contribution is -2.48. The smallest absolute Gasteiger partial charge is 0.318 e. The van der Waals surface area contributed by atoms with E-state index in [0.717, 1.165) is 37.0 Å². The fraction of sp³-hybridized carbons (Fsp3) is 0.833. The molecule has 3 amide bonds. The number of rotatable bonds is 5. The average Bonchev–Trinajstić information content (AvgIpc) is 2.41. The van der Waals surface area contributed by atoms with Crippen LogP contribution in [0.3, 0.4) is 0 Å². The molecule has 6 heteroatoms. The molecular weight excluding hydrogens is 308 g/mol. The summed E-state index contributed by atoms with van der Waals surface area (Å²) >= 11 is 0. The van der Waals surface area contributed by atoms with Gasteiger partial charge >= 0.3 is 12.0 Å². The highest BCUT2D eigenvalue weighted by atomic mass is 16.5. The van der Waals surface area contributed by atoms with Gasteiger partial charge < -0.3 is 10.5 Å². The maximum absolute atomic E-state index is 12.5. The molecular formula is C18H28N2O4. The van der Waals surface area contributed by atoms with Gasteiger partial charge in [-0.05, 0) is 67.6 Å². The van der Waals surface area contributed by atoms with Crippen LogP contribution >= 0.6 is 0 Å². The number of hydrogen-bond donors (Lipinski definition) is 2. The van der Waals surface area contributed by atoms with E-state index in [1.54, 1.807) is 13.8 Å². The molecule has 4 saturated carbocycles. The predicted octanol–water partition coefficient (Wildman–Crippen LogP) is 2.36. The summed E-state index contributed by atoms with van der Waals surface area (Å²) in [5, 5.41) is 2.01. The van der Waals surface area contributed by atoms with E-state index in [0.29, 0.717) is 6.42 Å². The van der Waals surface area contributed by atoms with Crippen molar-refractivity contribution >= 4 is 17.9 Å². The number of esters is 1. The van der Waals surface area contributed by atoms with Gasteiger partial charge in [-0.3, -0.25) is 14.9 Å². The second-order valence-electron chi connectivity index (χ2n) is 8.60. The number of carbonyl (C=O) groups excluding carboxylic acids is 3. The van der Waals surface area contributed by atoms with Crippen molar-refractivity contribution in [3.8, 4) is 0 Å². The molecule has 3 N–H and O–H groups in total. The summed E-state index contributed by atoms with van der Waals surface area (Å²) in [4.78, 5) is 35.4. The Kier molecular flexibility index (Phi) is 4.58. The molecule has 0 spiro atoms. The number of hydrogen-bond acceptors (Lipinski definition) is 4. The summed E-state index contributed by atoms with van der Waals surface area (Å²) in [7, 11) is 0. The molecule has 0 unspecified atom stereocenters. The number of nitrogens with two attached hydrogens (primary N) is 1. The van der Waals surface area contributed by atoms with Crippen LogP contribution in [-0.2, 0) is 14.3 Å². The first-order valence-corrected chi connectivity index (χ1v) is 9.06. The third kappa shape index (κ3) is 3.57. The maximum Gasteiger partial charge on any atom is 0.318 e. The van der Waals surface area contributed by atoms with E-state index in [-0.39, 0.29) is 17.3 Å². The molecule has 0 radical (unpaired) electrons. The van der Waals surface area contributed by atoms with Crippen LogP contribution in [0.4, 0.5) is 4.79 Å². The third-order valence-corrected chi connectivity index (χ3v) is 6.05. The minimum Gasteiger partial charge on any atom is -0.452 e. The summed E-state index contributed by atoms with van der Waals surface area (Å²) in [6.07, 6.45) is 6.75. The summed E-state index contributed by atoms with van der Waals surface area (Å²) < 4.78 is 5.45. The minimum atomic E-state index is -0.973. The highest BCUT2D eigenvalue weighted by molar-refractivity contribution is 5.96. The molecule has 0 aliphatic heterocycles. The van der Waals surface area contributed by atoms with E-state index in [9.17, 15) is 14.4 Å². The molecule has 1 atom stereocenters. The first-order chi connectivity index (χ1) is 11.3. The second kappa shape index (κ2) is 6.37. The van der Waals surface area contributed by atoms with Crippen LogP contribution in [0.25, 0.3) is 0 Å². The Labute approximate surface area is 142 Å². The largest absolute Gasteiger partial charge is 0.452 e. The average molecular weight is 336 g/mol. The highest BCUT2D eigenvalue weighted by Gasteiger charge is 2.51. The van der Waals surface area contributed by atoms with Gasteiger partial charge in [0.25, 0.3) is 5.91 Å². The van der Waals surface area contributed by atoms with Crippen LogP contribution in [0.2, 0.25) is 0 Å². The van der Waals surface area contributed by atoms with Crippen molar-refractivity contribution < 1.29 is 19.1 Å². The molecule has 4 aliphatic carbocycles. The van der Waals surface area contributed by atoms with Gasteiger partial charge in [0.15, 0.2) is 6.10 Å². The van der Waals surface area contributed by atoms with Crippen molar-refractivity contribution in [2.24, 2.45) is 34.8 Å². The number of amides is 3. The molecule has 4 aliphatic rings. The van der Waals surface area contributed by atoms with Crippen molar-refractivity contribution in [2.45, 2.75) is 64.9 Å². The summed E-state index contributed by atoms with van der Waals surface area (Å²) in [5.74, 6) is 1.12. The van der Waals surface area contributed by atoms with Crippen molar-refractivity contribution in [2.75, 3.05) is 0 Å². The Morgan fingerprint density at radius 1 is 1.08 bits per heavy atom. The number of imide groups is 1. The molecule has 4 rings (SSSR count). The Bertz CT molecular complexity index is 508. The topological polar surface area (TPSA) is 98.5 Å². The van der Waals surface area contributed by atoms with E-state index < -0.39 is 18.0 Å². The lowest BCUT2D eigenvalue weighted by atomic mass is 9.49. The number of urea groups is 1. The Morgan fingerprint density at radius 2 is 1.58 bits per heavy atom. The van der Waals surface area contributed by atoms with E-state index in [1.807, 2.05) is 5.32 Å².